The van der Waals surface area contributed by atoms with E-state index in [9.17, 15) is 18.0 Å². The van der Waals surface area contributed by atoms with Crippen LogP contribution in [0.3, 0.4) is 0 Å². The van der Waals surface area contributed by atoms with Crippen LogP contribution in [-0.2, 0) is 21.2 Å². The predicted molar refractivity (Wildman–Crippen MR) is 130 cm³/mol. The summed E-state index contributed by atoms with van der Waals surface area (Å²) >= 11 is 0. The van der Waals surface area contributed by atoms with E-state index in [1.54, 1.807) is 35.8 Å². The number of nitrogens with zero attached hydrogens (tertiary/aromatic N) is 2. The van der Waals surface area contributed by atoms with Gasteiger partial charge in [-0.2, -0.15) is 4.72 Å². The van der Waals surface area contributed by atoms with Gasteiger partial charge in [0.2, 0.25) is 15.9 Å². The Morgan fingerprint density at radius 1 is 0.941 bits per heavy atom. The van der Waals surface area contributed by atoms with Crippen LogP contribution in [0.1, 0.15) is 36.7 Å². The summed E-state index contributed by atoms with van der Waals surface area (Å²) in [5, 5.41) is 0. The highest BCUT2D eigenvalue weighted by atomic mass is 32.2. The maximum Gasteiger partial charge on any atom is 0.253 e. The van der Waals surface area contributed by atoms with Gasteiger partial charge >= 0.3 is 0 Å². The number of ether oxygens (including phenoxy) is 1. The third-order valence-electron chi connectivity index (χ3n) is 6.07. The summed E-state index contributed by atoms with van der Waals surface area (Å²) in [7, 11) is -2.39. The Hall–Kier alpha value is -2.91. The highest BCUT2D eigenvalue weighted by Gasteiger charge is 2.34. The van der Waals surface area contributed by atoms with Crippen LogP contribution in [0.2, 0.25) is 0 Å². The van der Waals surface area contributed by atoms with Crippen molar-refractivity contribution in [3.05, 3.63) is 59.7 Å². The number of carbonyl (C=O) groups excluding carboxylic acids is 2. The van der Waals surface area contributed by atoms with Crippen LogP contribution in [0.15, 0.2) is 53.4 Å². The molecular formula is C25H33N3O5S. The van der Waals surface area contributed by atoms with Crippen molar-refractivity contribution >= 4 is 21.8 Å². The summed E-state index contributed by atoms with van der Waals surface area (Å²) in [4.78, 5) is 29.5. The minimum atomic E-state index is -3.90. The van der Waals surface area contributed by atoms with Gasteiger partial charge in [-0.1, -0.05) is 32.9 Å². The summed E-state index contributed by atoms with van der Waals surface area (Å²) in [5.74, 6) is -0.0525. The molecular weight excluding hydrogens is 454 g/mol. The number of aryl methyl sites for hydroxylation is 1. The second-order valence-electron chi connectivity index (χ2n) is 8.69. The number of methoxy groups -OCH3 is 1. The Morgan fingerprint density at radius 3 is 2.00 bits per heavy atom. The average molecular weight is 488 g/mol. The predicted octanol–water partition coefficient (Wildman–Crippen LogP) is 2.55. The van der Waals surface area contributed by atoms with Crippen molar-refractivity contribution in [2.45, 2.75) is 38.1 Å². The van der Waals surface area contributed by atoms with Gasteiger partial charge in [-0.15, -0.1) is 0 Å². The van der Waals surface area contributed by atoms with Gasteiger partial charge in [0.25, 0.3) is 5.91 Å². The maximum absolute atomic E-state index is 13.2. The monoisotopic (exact) mass is 487 g/mol. The van der Waals surface area contributed by atoms with E-state index >= 15 is 0 Å². The summed E-state index contributed by atoms with van der Waals surface area (Å²) in [6, 6.07) is 12.7. The van der Waals surface area contributed by atoms with Crippen molar-refractivity contribution in [3.63, 3.8) is 0 Å². The summed E-state index contributed by atoms with van der Waals surface area (Å²) < 4.78 is 33.5. The smallest absolute Gasteiger partial charge is 0.253 e. The molecule has 0 aromatic heterocycles. The molecule has 0 aliphatic carbocycles. The molecule has 1 heterocycles. The Morgan fingerprint density at radius 2 is 1.50 bits per heavy atom. The number of nitrogens with one attached hydrogen (secondary N) is 1. The lowest BCUT2D eigenvalue weighted by Gasteiger charge is -2.37. The molecule has 0 radical (unpaired) electrons. The Labute approximate surface area is 201 Å². The van der Waals surface area contributed by atoms with Gasteiger partial charge in [-0.3, -0.25) is 9.59 Å². The summed E-state index contributed by atoms with van der Waals surface area (Å²) in [6.07, 6.45) is 0.911. The fourth-order valence-electron chi connectivity index (χ4n) is 3.85. The molecule has 2 aromatic carbocycles. The minimum absolute atomic E-state index is 0.0598. The molecule has 9 heteroatoms. The number of carbonyl (C=O) groups is 2. The molecule has 1 atom stereocenters. The molecule has 1 saturated heterocycles. The second-order valence-corrected chi connectivity index (χ2v) is 10.4. The molecule has 34 heavy (non-hydrogen) atoms. The molecule has 1 aliphatic heterocycles. The molecule has 0 bridgehead atoms. The third-order valence-corrected chi connectivity index (χ3v) is 7.53. The molecule has 184 valence electrons. The molecule has 1 aliphatic rings. The van der Waals surface area contributed by atoms with Crippen molar-refractivity contribution in [2.24, 2.45) is 5.92 Å². The number of hydrogen-bond acceptors (Lipinski definition) is 5. The molecule has 3 rings (SSSR count). The first-order valence-electron chi connectivity index (χ1n) is 11.5. The standard InChI is InChI=1S/C25H33N3O5S/c1-5-19-6-8-20(9-7-19)24(29)27-14-16-28(17-15-27)25(30)23(18(2)3)26-34(31,32)22-12-10-21(33-4)11-13-22/h6-13,18,23,26H,5,14-17H2,1-4H3/t23-/m0/s1. The van der Waals surface area contributed by atoms with E-state index in [0.29, 0.717) is 37.5 Å². The van der Waals surface area contributed by atoms with E-state index in [-0.39, 0.29) is 22.6 Å². The lowest BCUT2D eigenvalue weighted by atomic mass is 10.0. The van der Waals surface area contributed by atoms with Gasteiger partial charge in [0.15, 0.2) is 0 Å². The normalized spacial score (nSPS) is 15.3. The van der Waals surface area contributed by atoms with Crippen LogP contribution in [0.25, 0.3) is 0 Å². The van der Waals surface area contributed by atoms with Crippen LogP contribution >= 0.6 is 0 Å². The number of hydrogen-bond donors (Lipinski definition) is 1. The van der Waals surface area contributed by atoms with E-state index in [2.05, 4.69) is 11.6 Å². The van der Waals surface area contributed by atoms with E-state index in [4.69, 9.17) is 4.74 Å². The highest BCUT2D eigenvalue weighted by molar-refractivity contribution is 7.89. The number of amides is 2. The van der Waals surface area contributed by atoms with Crippen molar-refractivity contribution in [3.8, 4) is 5.75 Å². The molecule has 8 nitrogen and oxygen atoms in total. The molecule has 2 aromatic rings. The molecule has 1 fully saturated rings. The number of benzene rings is 2. The Bertz CT molecular complexity index is 1090. The first-order chi connectivity index (χ1) is 16.2. The van der Waals surface area contributed by atoms with Crippen LogP contribution in [-0.4, -0.2) is 69.4 Å². The fourth-order valence-corrected chi connectivity index (χ4v) is 5.19. The SMILES string of the molecule is CCc1ccc(C(=O)N2CCN(C(=O)[C@@H](NS(=O)(=O)c3ccc(OC)cc3)C(C)C)CC2)cc1. The van der Waals surface area contributed by atoms with Gasteiger partial charge in [0.05, 0.1) is 12.0 Å². The molecule has 0 unspecified atom stereocenters. The number of sulfonamides is 1. The Balaban J connectivity index is 1.64. The maximum atomic E-state index is 13.2. The van der Waals surface area contributed by atoms with Gasteiger partial charge in [0, 0.05) is 31.7 Å². The first kappa shape index (κ1) is 25.7. The van der Waals surface area contributed by atoms with Gasteiger partial charge < -0.3 is 14.5 Å². The zero-order valence-electron chi connectivity index (χ0n) is 20.2. The fraction of sp³-hybridized carbons (Fsp3) is 0.440. The topological polar surface area (TPSA) is 96.0 Å². The first-order valence-corrected chi connectivity index (χ1v) is 13.0. The number of piperazine rings is 1. The third kappa shape index (κ3) is 5.95. The quantitative estimate of drug-likeness (QED) is 0.617. The van der Waals surface area contributed by atoms with Crippen molar-refractivity contribution in [1.82, 2.24) is 14.5 Å². The molecule has 1 N–H and O–H groups in total. The molecule has 2 amide bonds. The zero-order valence-corrected chi connectivity index (χ0v) is 21.0. The van der Waals surface area contributed by atoms with Gasteiger partial charge in [0.1, 0.15) is 11.8 Å². The van der Waals surface area contributed by atoms with E-state index in [1.165, 1.54) is 24.8 Å². The summed E-state index contributed by atoms with van der Waals surface area (Å²) in [6.45, 7) is 7.18. The lowest BCUT2D eigenvalue weighted by Crippen LogP contribution is -2.57. The lowest BCUT2D eigenvalue weighted by molar-refractivity contribution is -0.135. The van der Waals surface area contributed by atoms with Gasteiger partial charge in [-0.05, 0) is 54.3 Å². The molecule has 0 saturated carbocycles. The van der Waals surface area contributed by atoms with Crippen LogP contribution in [0.4, 0.5) is 0 Å². The van der Waals surface area contributed by atoms with Crippen molar-refractivity contribution in [1.29, 1.82) is 0 Å². The van der Waals surface area contributed by atoms with E-state index in [1.807, 2.05) is 24.3 Å². The van der Waals surface area contributed by atoms with E-state index < -0.39 is 16.1 Å². The van der Waals surface area contributed by atoms with Crippen LogP contribution < -0.4 is 9.46 Å². The van der Waals surface area contributed by atoms with Crippen molar-refractivity contribution < 1.29 is 22.7 Å². The van der Waals surface area contributed by atoms with E-state index in [0.717, 1.165) is 6.42 Å². The highest BCUT2D eigenvalue weighted by Crippen LogP contribution is 2.18. The Kier molecular flexibility index (Phi) is 8.33. The number of rotatable bonds is 8. The zero-order chi connectivity index (χ0) is 24.9. The van der Waals surface area contributed by atoms with Gasteiger partial charge in [-0.25, -0.2) is 8.42 Å². The van der Waals surface area contributed by atoms with Crippen molar-refractivity contribution in [2.75, 3.05) is 33.3 Å². The summed E-state index contributed by atoms with van der Waals surface area (Å²) in [5.41, 5.74) is 1.80. The molecule has 0 spiro atoms. The minimum Gasteiger partial charge on any atom is -0.497 e. The second kappa shape index (κ2) is 11.0. The van der Waals surface area contributed by atoms with Crippen LogP contribution in [0.5, 0.6) is 5.75 Å². The largest absolute Gasteiger partial charge is 0.497 e. The van der Waals surface area contributed by atoms with Crippen LogP contribution in [0, 0.1) is 5.92 Å². The average Bonchev–Trinajstić information content (AvgIpc) is 2.86.